The highest BCUT2D eigenvalue weighted by Crippen LogP contribution is 2.32. The zero-order chi connectivity index (χ0) is 24.4. The van der Waals surface area contributed by atoms with E-state index in [1.807, 2.05) is 0 Å². The number of aliphatic hydroxyl groups is 1. The number of hydrogen-bond donors (Lipinski definition) is 4. The Morgan fingerprint density at radius 1 is 1.06 bits per heavy atom. The summed E-state index contributed by atoms with van der Waals surface area (Å²) < 4.78 is 6.12. The monoisotopic (exact) mass is 457 g/mol. The number of carboxylic acid groups (broad SMARTS) is 2. The molecule has 4 N–H and O–H groups in total. The normalized spacial score (nSPS) is 20.6. The van der Waals surface area contributed by atoms with Crippen LogP contribution in [0.3, 0.4) is 0 Å². The second-order valence-electron chi connectivity index (χ2n) is 8.05. The number of aryl methyl sites for hydroxylation is 1. The summed E-state index contributed by atoms with van der Waals surface area (Å²) in [5, 5.41) is 36.2. The summed E-state index contributed by atoms with van der Waals surface area (Å²) in [6.45, 7) is 5.86. The lowest BCUT2D eigenvalue weighted by Gasteiger charge is -2.43. The molecule has 1 fully saturated rings. The van der Waals surface area contributed by atoms with Crippen LogP contribution in [0.25, 0.3) is 0 Å². The Morgan fingerprint density at radius 2 is 1.64 bits per heavy atom. The topological polar surface area (TPSA) is 128 Å². The highest BCUT2D eigenvalue weighted by atomic mass is 16.5. The van der Waals surface area contributed by atoms with Gasteiger partial charge in [-0.15, -0.1) is 0 Å². The van der Waals surface area contributed by atoms with Crippen LogP contribution in [-0.4, -0.2) is 62.2 Å². The number of aliphatic carboxylic acids is 2. The molecule has 2 aromatic carbocycles. The Hall–Kier alpha value is -3.36. The van der Waals surface area contributed by atoms with Crippen molar-refractivity contribution >= 4 is 11.9 Å². The fourth-order valence-electron chi connectivity index (χ4n) is 3.60. The largest absolute Gasteiger partial charge is 0.508 e. The van der Waals surface area contributed by atoms with E-state index in [1.165, 1.54) is 5.56 Å². The van der Waals surface area contributed by atoms with Gasteiger partial charge in [-0.1, -0.05) is 36.8 Å². The molecule has 3 rings (SSSR count). The number of carboxylic acids is 2. The first-order valence-electron chi connectivity index (χ1n) is 10.7. The maximum Gasteiger partial charge on any atom is 0.328 e. The van der Waals surface area contributed by atoms with Gasteiger partial charge in [-0.25, -0.2) is 9.59 Å². The molecule has 2 aromatic rings. The molecule has 8 heteroatoms. The van der Waals surface area contributed by atoms with Gasteiger partial charge in [-0.05, 0) is 49.7 Å². The van der Waals surface area contributed by atoms with Gasteiger partial charge in [0.25, 0.3) is 0 Å². The predicted molar refractivity (Wildman–Crippen MR) is 123 cm³/mol. The van der Waals surface area contributed by atoms with Crippen LogP contribution in [0.5, 0.6) is 11.5 Å². The summed E-state index contributed by atoms with van der Waals surface area (Å²) in [6.07, 6.45) is 2.89. The molecule has 0 spiro atoms. The maximum atomic E-state index is 11.2. The first-order valence-corrected chi connectivity index (χ1v) is 10.7. The Balaban J connectivity index is 0.000000414. The molecule has 1 aliphatic rings. The summed E-state index contributed by atoms with van der Waals surface area (Å²) in [4.78, 5) is 21.4. The lowest BCUT2D eigenvalue weighted by Crippen LogP contribution is -2.53. The minimum absolute atomic E-state index is 0.168. The molecule has 1 saturated heterocycles. The molecule has 178 valence electrons. The van der Waals surface area contributed by atoms with Gasteiger partial charge in [-0.3, -0.25) is 4.90 Å². The molecular weight excluding hydrogens is 426 g/mol. The molecule has 0 radical (unpaired) electrons. The van der Waals surface area contributed by atoms with Crippen molar-refractivity contribution in [3.8, 4) is 11.5 Å². The number of piperidine rings is 1. The van der Waals surface area contributed by atoms with Crippen LogP contribution in [-0.2, 0) is 16.0 Å². The summed E-state index contributed by atoms with van der Waals surface area (Å²) in [7, 11) is 0. The number of aromatic hydroxyl groups is 1. The van der Waals surface area contributed by atoms with E-state index >= 15 is 0 Å². The maximum absolute atomic E-state index is 11.2. The highest BCUT2D eigenvalue weighted by molar-refractivity contribution is 5.89. The van der Waals surface area contributed by atoms with Gasteiger partial charge < -0.3 is 25.2 Å². The third-order valence-electron chi connectivity index (χ3n) is 5.36. The van der Waals surface area contributed by atoms with Gasteiger partial charge in [0, 0.05) is 31.5 Å². The van der Waals surface area contributed by atoms with Crippen LogP contribution in [0, 0.1) is 6.92 Å². The van der Waals surface area contributed by atoms with Gasteiger partial charge in [0.1, 0.15) is 11.5 Å². The van der Waals surface area contributed by atoms with Crippen LogP contribution in [0.2, 0.25) is 0 Å². The van der Waals surface area contributed by atoms with E-state index in [-0.39, 0.29) is 12.0 Å². The van der Waals surface area contributed by atoms with E-state index in [1.54, 1.807) is 24.3 Å². The average Bonchev–Trinajstić information content (AvgIpc) is 2.76. The first-order chi connectivity index (χ1) is 15.6. The third kappa shape index (κ3) is 8.96. The van der Waals surface area contributed by atoms with Crippen molar-refractivity contribution in [1.29, 1.82) is 0 Å². The predicted octanol–water partition coefficient (Wildman–Crippen LogP) is 3.21. The van der Waals surface area contributed by atoms with Crippen LogP contribution in [0.15, 0.2) is 60.7 Å². The molecule has 2 atom stereocenters. The second-order valence-corrected chi connectivity index (χ2v) is 8.05. The Labute approximate surface area is 193 Å². The van der Waals surface area contributed by atoms with Crippen molar-refractivity contribution in [2.24, 2.45) is 0 Å². The number of ether oxygens (including phenoxy) is 1. The second kappa shape index (κ2) is 12.0. The Bertz CT molecular complexity index is 924. The van der Waals surface area contributed by atoms with Crippen LogP contribution >= 0.6 is 0 Å². The lowest BCUT2D eigenvalue weighted by molar-refractivity contribution is -0.134. The molecule has 0 bridgehead atoms. The van der Waals surface area contributed by atoms with Crippen molar-refractivity contribution in [2.45, 2.75) is 44.9 Å². The van der Waals surface area contributed by atoms with E-state index in [0.717, 1.165) is 25.1 Å². The summed E-state index contributed by atoms with van der Waals surface area (Å²) in [5.41, 5.74) is 1.62. The fourth-order valence-corrected chi connectivity index (χ4v) is 3.60. The number of likely N-dealkylation sites (tertiary alicyclic amines) is 1. The van der Waals surface area contributed by atoms with Crippen LogP contribution in [0.4, 0.5) is 0 Å². The van der Waals surface area contributed by atoms with Crippen molar-refractivity contribution in [2.75, 3.05) is 13.1 Å². The number of hydrogen-bond acceptors (Lipinski definition) is 6. The van der Waals surface area contributed by atoms with E-state index in [2.05, 4.69) is 43.0 Å². The highest BCUT2D eigenvalue weighted by Gasteiger charge is 2.39. The molecule has 1 aliphatic heterocycles. The van der Waals surface area contributed by atoms with Crippen molar-refractivity contribution in [3.63, 3.8) is 0 Å². The number of phenolic OH excluding ortho intramolecular Hbond substituents is 1. The fraction of sp³-hybridized carbons (Fsp3) is 0.360. The molecule has 2 unspecified atom stereocenters. The van der Waals surface area contributed by atoms with Gasteiger partial charge in [0.2, 0.25) is 0 Å². The summed E-state index contributed by atoms with van der Waals surface area (Å²) in [6, 6.07) is 15.1. The lowest BCUT2D eigenvalue weighted by atomic mass is 9.84. The molecule has 0 saturated carbocycles. The molecule has 0 aliphatic carbocycles. The smallest absolute Gasteiger partial charge is 0.328 e. The molecule has 33 heavy (non-hydrogen) atoms. The van der Waals surface area contributed by atoms with Gasteiger partial charge in [0.05, 0.1) is 5.60 Å². The average molecular weight is 458 g/mol. The van der Waals surface area contributed by atoms with E-state index in [0.29, 0.717) is 30.7 Å². The minimum atomic E-state index is -1.26. The third-order valence-corrected chi connectivity index (χ3v) is 5.36. The minimum Gasteiger partial charge on any atom is -0.508 e. The zero-order valence-electron chi connectivity index (χ0n) is 18.8. The molecular formula is C25H31NO7. The standard InChI is InChI=1S/C21H27NO3.C4H4O4/c1-3-22-13-12-21(24,14-17-6-4-16(2)5-7-17)15-20(22)25-19-10-8-18(23)9-11-19;5-3(6)1-2-4(7)8/h4-11,20,23-24H,3,12-15H2,1-2H3;1-2H,(H,5,6)(H,7,8). The molecule has 8 nitrogen and oxygen atoms in total. The first kappa shape index (κ1) is 25.9. The zero-order valence-corrected chi connectivity index (χ0v) is 18.8. The summed E-state index contributed by atoms with van der Waals surface area (Å²) in [5.74, 6) is -1.58. The SMILES string of the molecule is CCN1CCC(O)(Cc2ccc(C)cc2)CC1Oc1ccc(O)cc1.O=C(O)C=CC(=O)O. The van der Waals surface area contributed by atoms with Gasteiger partial charge in [0.15, 0.2) is 6.23 Å². The number of rotatable bonds is 7. The van der Waals surface area contributed by atoms with Gasteiger partial charge >= 0.3 is 11.9 Å². The molecule has 0 amide bonds. The summed E-state index contributed by atoms with van der Waals surface area (Å²) >= 11 is 0. The number of nitrogens with zero attached hydrogens (tertiary/aromatic N) is 1. The van der Waals surface area contributed by atoms with Crippen LogP contribution < -0.4 is 4.74 Å². The Morgan fingerprint density at radius 3 is 2.15 bits per heavy atom. The number of carbonyl (C=O) groups is 2. The molecule has 1 heterocycles. The van der Waals surface area contributed by atoms with Crippen molar-refractivity contribution in [1.82, 2.24) is 4.90 Å². The number of benzene rings is 2. The Kier molecular flexibility index (Phi) is 9.44. The van der Waals surface area contributed by atoms with Crippen molar-refractivity contribution < 1.29 is 34.8 Å². The van der Waals surface area contributed by atoms with Gasteiger partial charge in [-0.2, -0.15) is 0 Å². The quantitative estimate of drug-likeness (QED) is 0.467. The van der Waals surface area contributed by atoms with E-state index in [4.69, 9.17) is 14.9 Å². The molecule has 0 aromatic heterocycles. The van der Waals surface area contributed by atoms with E-state index < -0.39 is 17.5 Å². The van der Waals surface area contributed by atoms with Crippen LogP contribution in [0.1, 0.15) is 30.9 Å². The number of phenols is 1. The van der Waals surface area contributed by atoms with E-state index in [9.17, 15) is 19.8 Å². The van der Waals surface area contributed by atoms with Crippen molar-refractivity contribution in [3.05, 3.63) is 71.8 Å².